The zero-order valence-corrected chi connectivity index (χ0v) is 14.9. The first kappa shape index (κ1) is 18.0. The van der Waals surface area contributed by atoms with Crippen molar-refractivity contribution in [3.05, 3.63) is 72.3 Å². The lowest BCUT2D eigenvalue weighted by Crippen LogP contribution is -2.14. The number of carbonyl (C=O) groups is 1. The van der Waals surface area contributed by atoms with Crippen molar-refractivity contribution in [3.63, 3.8) is 0 Å². The Morgan fingerprint density at radius 3 is 2.50 bits per heavy atom. The van der Waals surface area contributed by atoms with Gasteiger partial charge in [-0.15, -0.1) is 0 Å². The first-order valence-electron chi connectivity index (χ1n) is 8.83. The van der Waals surface area contributed by atoms with E-state index in [1.807, 2.05) is 61.5 Å². The second-order valence-electron chi connectivity index (χ2n) is 5.93. The summed E-state index contributed by atoms with van der Waals surface area (Å²) < 4.78 is 10.8. The van der Waals surface area contributed by atoms with Gasteiger partial charge in [0.1, 0.15) is 12.4 Å². The summed E-state index contributed by atoms with van der Waals surface area (Å²) in [6.07, 6.45) is 0.341. The van der Waals surface area contributed by atoms with Gasteiger partial charge in [0, 0.05) is 12.3 Å². The highest BCUT2D eigenvalue weighted by Gasteiger charge is 2.07. The molecule has 0 radical (unpaired) electrons. The molecule has 0 unspecified atom stereocenters. The maximum Gasteiger partial charge on any atom is 0.228 e. The van der Waals surface area contributed by atoms with Gasteiger partial charge in [-0.05, 0) is 47.5 Å². The molecule has 0 aliphatic carbocycles. The number of hydrogen-bond acceptors (Lipinski definition) is 3. The minimum absolute atomic E-state index is 0.0358. The van der Waals surface area contributed by atoms with Gasteiger partial charge in [-0.1, -0.05) is 42.5 Å². The van der Waals surface area contributed by atoms with E-state index >= 15 is 0 Å². The van der Waals surface area contributed by atoms with Crippen molar-refractivity contribution >= 4 is 22.4 Å². The van der Waals surface area contributed by atoms with Crippen LogP contribution in [0.3, 0.4) is 0 Å². The maximum atomic E-state index is 12.4. The van der Waals surface area contributed by atoms with Gasteiger partial charge in [0.05, 0.1) is 13.0 Å². The largest absolute Gasteiger partial charge is 0.491 e. The monoisotopic (exact) mass is 349 g/mol. The minimum atomic E-state index is -0.0358. The standard InChI is InChI=1S/C22H23NO3/c1-2-25-14-15-26-20-12-10-19(11-13-20)23-22(24)16-18-8-5-7-17-6-3-4-9-21(17)18/h3-13H,2,14-16H2,1H3,(H,23,24). The Hall–Kier alpha value is -2.85. The molecule has 0 aliphatic rings. The molecule has 4 nitrogen and oxygen atoms in total. The predicted molar refractivity (Wildman–Crippen MR) is 105 cm³/mol. The molecule has 1 amide bonds. The zero-order valence-electron chi connectivity index (χ0n) is 14.9. The third kappa shape index (κ3) is 4.83. The van der Waals surface area contributed by atoms with Gasteiger partial charge in [0.2, 0.25) is 5.91 Å². The van der Waals surface area contributed by atoms with E-state index in [1.165, 1.54) is 0 Å². The van der Waals surface area contributed by atoms with E-state index < -0.39 is 0 Å². The summed E-state index contributed by atoms with van der Waals surface area (Å²) in [6.45, 7) is 3.72. The van der Waals surface area contributed by atoms with Gasteiger partial charge in [0.15, 0.2) is 0 Å². The zero-order chi connectivity index (χ0) is 18.2. The molecule has 4 heteroatoms. The van der Waals surface area contributed by atoms with Crippen molar-refractivity contribution in [1.29, 1.82) is 0 Å². The van der Waals surface area contributed by atoms with Crippen molar-refractivity contribution < 1.29 is 14.3 Å². The molecule has 0 fully saturated rings. The quantitative estimate of drug-likeness (QED) is 0.612. The molecule has 0 atom stereocenters. The minimum Gasteiger partial charge on any atom is -0.491 e. The van der Waals surface area contributed by atoms with Gasteiger partial charge in [-0.25, -0.2) is 0 Å². The summed E-state index contributed by atoms with van der Waals surface area (Å²) >= 11 is 0. The third-order valence-corrected chi connectivity index (χ3v) is 4.07. The van der Waals surface area contributed by atoms with Crippen molar-refractivity contribution in [2.24, 2.45) is 0 Å². The highest BCUT2D eigenvalue weighted by Crippen LogP contribution is 2.20. The van der Waals surface area contributed by atoms with E-state index in [4.69, 9.17) is 9.47 Å². The van der Waals surface area contributed by atoms with Crippen molar-refractivity contribution in [3.8, 4) is 5.75 Å². The molecule has 0 aliphatic heterocycles. The Bertz CT molecular complexity index is 853. The molecule has 3 aromatic carbocycles. The number of rotatable bonds is 8. The lowest BCUT2D eigenvalue weighted by atomic mass is 10.0. The summed E-state index contributed by atoms with van der Waals surface area (Å²) in [4.78, 5) is 12.4. The van der Waals surface area contributed by atoms with Crippen LogP contribution in [0.5, 0.6) is 5.75 Å². The molecule has 3 aromatic rings. The van der Waals surface area contributed by atoms with Crippen molar-refractivity contribution in [1.82, 2.24) is 0 Å². The van der Waals surface area contributed by atoms with Gasteiger partial charge >= 0.3 is 0 Å². The summed E-state index contributed by atoms with van der Waals surface area (Å²) in [5, 5.41) is 5.20. The number of amides is 1. The highest BCUT2D eigenvalue weighted by atomic mass is 16.5. The van der Waals surface area contributed by atoms with E-state index in [0.717, 1.165) is 27.8 Å². The molecule has 134 valence electrons. The normalized spacial score (nSPS) is 10.7. The smallest absolute Gasteiger partial charge is 0.228 e. The average Bonchev–Trinajstić information content (AvgIpc) is 2.67. The van der Waals surface area contributed by atoms with E-state index in [-0.39, 0.29) is 5.91 Å². The first-order valence-corrected chi connectivity index (χ1v) is 8.83. The Balaban J connectivity index is 1.57. The first-order chi connectivity index (χ1) is 12.8. The third-order valence-electron chi connectivity index (χ3n) is 4.07. The SMILES string of the molecule is CCOCCOc1ccc(NC(=O)Cc2cccc3ccccc23)cc1. The maximum absolute atomic E-state index is 12.4. The Morgan fingerprint density at radius 1 is 0.923 bits per heavy atom. The highest BCUT2D eigenvalue weighted by molar-refractivity contribution is 5.96. The van der Waals surface area contributed by atoms with Crippen molar-refractivity contribution in [2.45, 2.75) is 13.3 Å². The second-order valence-corrected chi connectivity index (χ2v) is 5.93. The molecule has 0 saturated carbocycles. The van der Waals surface area contributed by atoms with Gasteiger partial charge in [-0.2, -0.15) is 0 Å². The molecule has 0 bridgehead atoms. The molecule has 0 saturated heterocycles. The van der Waals surface area contributed by atoms with E-state index in [1.54, 1.807) is 0 Å². The van der Waals surface area contributed by atoms with Gasteiger partial charge < -0.3 is 14.8 Å². The molecular formula is C22H23NO3. The molecule has 26 heavy (non-hydrogen) atoms. The summed E-state index contributed by atoms with van der Waals surface area (Å²) in [7, 11) is 0. The predicted octanol–water partition coefficient (Wildman–Crippen LogP) is 4.44. The van der Waals surface area contributed by atoms with Crippen LogP contribution in [0.1, 0.15) is 12.5 Å². The lowest BCUT2D eigenvalue weighted by molar-refractivity contribution is -0.115. The second kappa shape index (κ2) is 9.02. The summed E-state index contributed by atoms with van der Waals surface area (Å²) in [5.74, 6) is 0.725. The van der Waals surface area contributed by atoms with Crippen LogP contribution in [0.25, 0.3) is 10.8 Å². The number of benzene rings is 3. The van der Waals surface area contributed by atoms with Crippen LogP contribution < -0.4 is 10.1 Å². The van der Waals surface area contributed by atoms with Crippen molar-refractivity contribution in [2.75, 3.05) is 25.1 Å². The van der Waals surface area contributed by atoms with Crippen LogP contribution in [0.2, 0.25) is 0 Å². The van der Waals surface area contributed by atoms with Crippen LogP contribution in [-0.4, -0.2) is 25.7 Å². The molecule has 0 spiro atoms. The number of anilines is 1. The van der Waals surface area contributed by atoms with Crippen LogP contribution in [0.4, 0.5) is 5.69 Å². The van der Waals surface area contributed by atoms with Crippen LogP contribution in [0.15, 0.2) is 66.7 Å². The number of hydrogen-bond donors (Lipinski definition) is 1. The summed E-state index contributed by atoms with van der Waals surface area (Å²) in [6, 6.07) is 21.5. The average molecular weight is 349 g/mol. The Kier molecular flexibility index (Phi) is 6.23. The lowest BCUT2D eigenvalue weighted by Gasteiger charge is -2.09. The topological polar surface area (TPSA) is 47.6 Å². The number of ether oxygens (including phenoxy) is 2. The molecular weight excluding hydrogens is 326 g/mol. The number of fused-ring (bicyclic) bond motifs is 1. The fraction of sp³-hybridized carbons (Fsp3) is 0.227. The molecule has 1 N–H and O–H groups in total. The fourth-order valence-electron chi connectivity index (χ4n) is 2.82. The molecule has 0 aromatic heterocycles. The van der Waals surface area contributed by atoms with Crippen LogP contribution in [0, 0.1) is 0 Å². The Morgan fingerprint density at radius 2 is 1.69 bits per heavy atom. The molecule has 0 heterocycles. The fourth-order valence-corrected chi connectivity index (χ4v) is 2.82. The summed E-state index contributed by atoms with van der Waals surface area (Å²) in [5.41, 5.74) is 1.78. The van der Waals surface area contributed by atoms with E-state index in [0.29, 0.717) is 26.2 Å². The number of nitrogens with one attached hydrogen (secondary N) is 1. The van der Waals surface area contributed by atoms with E-state index in [2.05, 4.69) is 17.4 Å². The van der Waals surface area contributed by atoms with Crippen LogP contribution >= 0.6 is 0 Å². The van der Waals surface area contributed by atoms with Crippen LogP contribution in [-0.2, 0) is 16.0 Å². The van der Waals surface area contributed by atoms with Gasteiger partial charge in [0.25, 0.3) is 0 Å². The van der Waals surface area contributed by atoms with E-state index in [9.17, 15) is 4.79 Å². The molecule has 3 rings (SSSR count). The van der Waals surface area contributed by atoms with Gasteiger partial charge in [-0.3, -0.25) is 4.79 Å². The Labute approximate surface area is 153 Å². The number of carbonyl (C=O) groups excluding carboxylic acids is 1.